The molecule has 13 aromatic carbocycles. The first-order valence-electron chi connectivity index (χ1n) is 22.8. The molecule has 0 fully saturated rings. The first kappa shape index (κ1) is 36.7. The van der Waals surface area contributed by atoms with Crippen LogP contribution in [-0.2, 0) is 0 Å². The van der Waals surface area contributed by atoms with Gasteiger partial charge in [-0.05, 0) is 136 Å². The van der Waals surface area contributed by atoms with Crippen molar-refractivity contribution in [3.63, 3.8) is 0 Å². The van der Waals surface area contributed by atoms with Gasteiger partial charge in [0.2, 0.25) is 0 Å². The summed E-state index contributed by atoms with van der Waals surface area (Å²) in [5.74, 6) is 0. The molecular weight excluding hydrogens is 797 g/mol. The Balaban J connectivity index is 1.07. The van der Waals surface area contributed by atoms with E-state index in [4.69, 9.17) is 0 Å². The zero-order valence-electron chi connectivity index (χ0n) is 36.0. The molecule has 0 spiro atoms. The van der Waals surface area contributed by atoms with E-state index in [9.17, 15) is 0 Å². The van der Waals surface area contributed by atoms with Gasteiger partial charge < -0.3 is 9.47 Å². The van der Waals surface area contributed by atoms with Gasteiger partial charge in [-0.15, -0.1) is 0 Å². The summed E-state index contributed by atoms with van der Waals surface area (Å²) < 4.78 is 2.51. The van der Waals surface area contributed by atoms with E-state index >= 15 is 0 Å². The first-order chi connectivity index (χ1) is 32.8. The molecule has 0 amide bonds. The van der Waals surface area contributed by atoms with E-state index in [0.717, 1.165) is 22.7 Å². The molecule has 306 valence electrons. The Bertz CT molecular complexity index is 4210. The van der Waals surface area contributed by atoms with E-state index in [1.54, 1.807) is 0 Å². The van der Waals surface area contributed by atoms with Crippen LogP contribution in [0.15, 0.2) is 243 Å². The van der Waals surface area contributed by atoms with E-state index in [1.807, 2.05) is 0 Å². The highest BCUT2D eigenvalue weighted by molar-refractivity contribution is 6.29. The first-order valence-corrected chi connectivity index (χ1v) is 22.8. The summed E-state index contributed by atoms with van der Waals surface area (Å²) in [6, 6.07) is 89.7. The molecular formula is C64H40N2. The molecule has 0 N–H and O–H groups in total. The van der Waals surface area contributed by atoms with Crippen LogP contribution in [0.25, 0.3) is 114 Å². The molecule has 0 saturated heterocycles. The molecule has 66 heavy (non-hydrogen) atoms. The predicted octanol–water partition coefficient (Wildman–Crippen LogP) is 18.0. The number of para-hydroxylation sites is 2. The maximum Gasteiger partial charge on any atom is 0.0640 e. The molecule has 0 radical (unpaired) electrons. The molecule has 14 rings (SSSR count). The normalized spacial score (nSPS) is 11.9. The van der Waals surface area contributed by atoms with Crippen LogP contribution in [0.1, 0.15) is 0 Å². The van der Waals surface area contributed by atoms with Crippen LogP contribution in [0.5, 0.6) is 0 Å². The van der Waals surface area contributed by atoms with Crippen molar-refractivity contribution in [1.29, 1.82) is 0 Å². The van der Waals surface area contributed by atoms with Crippen LogP contribution in [0.2, 0.25) is 0 Å². The van der Waals surface area contributed by atoms with Crippen LogP contribution in [0.3, 0.4) is 0 Å². The summed E-state index contributed by atoms with van der Waals surface area (Å²) in [5.41, 5.74) is 9.21. The van der Waals surface area contributed by atoms with Crippen molar-refractivity contribution < 1.29 is 0 Å². The minimum absolute atomic E-state index is 1.10. The quantitative estimate of drug-likeness (QED) is 0.157. The number of aromatic nitrogens is 1. The molecule has 0 aliphatic heterocycles. The van der Waals surface area contributed by atoms with Crippen LogP contribution in [0.4, 0.5) is 17.1 Å². The molecule has 0 aliphatic carbocycles. The molecule has 0 saturated carbocycles. The van der Waals surface area contributed by atoms with Crippen LogP contribution in [-0.4, -0.2) is 4.57 Å². The van der Waals surface area contributed by atoms with Gasteiger partial charge in [0, 0.05) is 33.2 Å². The largest absolute Gasteiger partial charge is 0.310 e. The Kier molecular flexibility index (Phi) is 8.02. The summed E-state index contributed by atoms with van der Waals surface area (Å²) >= 11 is 0. The lowest BCUT2D eigenvalue weighted by Gasteiger charge is -2.28. The Hall–Kier alpha value is -8.72. The van der Waals surface area contributed by atoms with Gasteiger partial charge in [0.05, 0.1) is 16.7 Å². The zero-order valence-corrected chi connectivity index (χ0v) is 36.0. The van der Waals surface area contributed by atoms with Crippen molar-refractivity contribution in [2.24, 2.45) is 0 Å². The maximum absolute atomic E-state index is 2.51. The van der Waals surface area contributed by atoms with Gasteiger partial charge >= 0.3 is 0 Å². The number of hydrogen-bond donors (Lipinski definition) is 0. The number of nitrogens with zero attached hydrogens (tertiary/aromatic N) is 2. The summed E-state index contributed by atoms with van der Waals surface area (Å²) in [6.45, 7) is 0. The van der Waals surface area contributed by atoms with Gasteiger partial charge in [-0.1, -0.05) is 188 Å². The van der Waals surface area contributed by atoms with Gasteiger partial charge in [-0.3, -0.25) is 0 Å². The van der Waals surface area contributed by atoms with E-state index in [1.165, 1.54) is 108 Å². The minimum atomic E-state index is 1.10. The molecule has 0 aliphatic rings. The zero-order chi connectivity index (χ0) is 43.3. The number of fused-ring (bicyclic) bond motifs is 17. The summed E-state index contributed by atoms with van der Waals surface area (Å²) in [4.78, 5) is 2.49. The van der Waals surface area contributed by atoms with Gasteiger partial charge in [0.25, 0.3) is 0 Å². The van der Waals surface area contributed by atoms with Crippen LogP contribution in [0, 0.1) is 0 Å². The highest BCUT2D eigenvalue weighted by Gasteiger charge is 2.25. The SMILES string of the molecule is c1ccc(N(c2ccc3c4ccccc4c4ccccc4c3c2)c2cc3ccccc3c3c2c2ccc(-c4ccc5c6ccccc6c6ccccc6c5c4)cc2n3-c2ccccc2)cc1. The van der Waals surface area contributed by atoms with Crippen molar-refractivity contribution in [2.75, 3.05) is 4.90 Å². The lowest BCUT2D eigenvalue weighted by molar-refractivity contribution is 1.19. The molecule has 0 bridgehead atoms. The third kappa shape index (κ3) is 5.42. The highest BCUT2D eigenvalue weighted by Crippen LogP contribution is 2.49. The second kappa shape index (κ2) is 14.4. The molecule has 1 heterocycles. The molecule has 0 atom stereocenters. The van der Waals surface area contributed by atoms with Crippen molar-refractivity contribution in [1.82, 2.24) is 4.57 Å². The lowest BCUT2D eigenvalue weighted by Crippen LogP contribution is -2.10. The standard InChI is InChI=1S/C64H40N2/c1-3-18-44(19-4-1)65(46-33-36-57-53-28-12-10-24-49(53)51-26-14-16-30-55(51)60(57)40-46)62-39-43-17-7-8-22-47(43)64-63(62)58-35-32-42(38-61(58)66(64)45-20-5-2-6-21-45)41-31-34-56-52-27-11-9-23-48(52)50-25-13-15-29-54(50)59(56)37-41/h1-40H. The van der Waals surface area contributed by atoms with Crippen LogP contribution < -0.4 is 4.90 Å². The fraction of sp³-hybridized carbons (Fsp3) is 0. The highest BCUT2D eigenvalue weighted by atomic mass is 15.1. The summed E-state index contributed by atoms with van der Waals surface area (Å²) in [5, 5.41) is 20.1. The minimum Gasteiger partial charge on any atom is -0.310 e. The number of anilines is 3. The van der Waals surface area contributed by atoms with Gasteiger partial charge in [-0.2, -0.15) is 0 Å². The van der Waals surface area contributed by atoms with E-state index in [-0.39, 0.29) is 0 Å². The average Bonchev–Trinajstić information content (AvgIpc) is 3.74. The van der Waals surface area contributed by atoms with Gasteiger partial charge in [-0.25, -0.2) is 0 Å². The lowest BCUT2D eigenvalue weighted by atomic mass is 9.92. The topological polar surface area (TPSA) is 8.17 Å². The van der Waals surface area contributed by atoms with E-state index in [2.05, 4.69) is 252 Å². The van der Waals surface area contributed by atoms with Crippen molar-refractivity contribution in [2.45, 2.75) is 0 Å². The molecule has 2 heteroatoms. The smallest absolute Gasteiger partial charge is 0.0640 e. The Morgan fingerprint density at radius 1 is 0.273 bits per heavy atom. The number of hydrogen-bond acceptors (Lipinski definition) is 1. The van der Waals surface area contributed by atoms with Crippen molar-refractivity contribution in [3.05, 3.63) is 243 Å². The third-order valence-corrected chi connectivity index (χ3v) is 14.1. The summed E-state index contributed by atoms with van der Waals surface area (Å²) in [7, 11) is 0. The summed E-state index contributed by atoms with van der Waals surface area (Å²) in [6.07, 6.45) is 0. The molecule has 0 unspecified atom stereocenters. The van der Waals surface area contributed by atoms with Gasteiger partial charge in [0.1, 0.15) is 0 Å². The Morgan fingerprint density at radius 2 is 0.697 bits per heavy atom. The molecule has 2 nitrogen and oxygen atoms in total. The predicted molar refractivity (Wildman–Crippen MR) is 283 cm³/mol. The van der Waals surface area contributed by atoms with E-state index in [0.29, 0.717) is 0 Å². The second-order valence-electron chi connectivity index (χ2n) is 17.6. The third-order valence-electron chi connectivity index (χ3n) is 14.1. The Morgan fingerprint density at radius 3 is 1.27 bits per heavy atom. The Labute approximate surface area is 381 Å². The number of benzene rings is 13. The fourth-order valence-electron chi connectivity index (χ4n) is 11.2. The van der Waals surface area contributed by atoms with E-state index < -0.39 is 0 Å². The molecule has 1 aromatic heterocycles. The maximum atomic E-state index is 2.51. The fourth-order valence-corrected chi connectivity index (χ4v) is 11.2. The van der Waals surface area contributed by atoms with Crippen molar-refractivity contribution in [3.8, 4) is 16.8 Å². The average molecular weight is 837 g/mol. The van der Waals surface area contributed by atoms with Gasteiger partial charge in [0.15, 0.2) is 0 Å². The van der Waals surface area contributed by atoms with Crippen LogP contribution >= 0.6 is 0 Å². The second-order valence-corrected chi connectivity index (χ2v) is 17.6. The number of rotatable bonds is 5. The van der Waals surface area contributed by atoms with Crippen molar-refractivity contribution >= 4 is 114 Å². The monoisotopic (exact) mass is 836 g/mol. The molecule has 14 aromatic rings.